The van der Waals surface area contributed by atoms with Crippen LogP contribution < -0.4 is 20.6 Å². The van der Waals surface area contributed by atoms with Crippen molar-refractivity contribution in [1.82, 2.24) is 4.57 Å². The van der Waals surface area contributed by atoms with Gasteiger partial charge in [0.2, 0.25) is 0 Å². The molecule has 0 saturated heterocycles. The first-order valence-electron chi connectivity index (χ1n) is 7.31. The molecule has 3 rings (SSSR count). The number of nitrogens with two attached hydrogens (primary N) is 1. The Balaban J connectivity index is 2.37. The fourth-order valence-corrected chi connectivity index (χ4v) is 2.78. The Labute approximate surface area is 138 Å². The monoisotopic (exact) mass is 326 g/mol. The Bertz CT molecular complexity index is 992. The standard InChI is InChI=1S/C18H18N2O4/c1-20-13(10-4-5-15(21)12(19)6-10)9-16(22)18-14(20)7-11(23-2)8-17(18)24-3/h4-9,21H,19H2,1-3H3. The molecule has 3 N–H and O–H groups in total. The van der Waals surface area contributed by atoms with Crippen molar-refractivity contribution in [2.75, 3.05) is 20.0 Å². The third-order valence-electron chi connectivity index (χ3n) is 4.07. The van der Waals surface area contributed by atoms with Crippen LogP contribution in [0.5, 0.6) is 17.2 Å². The molecule has 0 saturated carbocycles. The first-order chi connectivity index (χ1) is 11.5. The molecule has 0 aliphatic rings. The number of aromatic hydroxyl groups is 1. The molecule has 0 bridgehead atoms. The predicted molar refractivity (Wildman–Crippen MR) is 93.8 cm³/mol. The number of rotatable bonds is 3. The molecule has 6 nitrogen and oxygen atoms in total. The maximum atomic E-state index is 12.6. The Kier molecular flexibility index (Phi) is 3.81. The van der Waals surface area contributed by atoms with Gasteiger partial charge >= 0.3 is 0 Å². The highest BCUT2D eigenvalue weighted by atomic mass is 16.5. The summed E-state index contributed by atoms with van der Waals surface area (Å²) >= 11 is 0. The number of nitrogen functional groups attached to an aromatic ring is 1. The molecule has 2 aromatic carbocycles. The molecule has 0 aliphatic carbocycles. The molecule has 1 aromatic heterocycles. The van der Waals surface area contributed by atoms with Gasteiger partial charge in [-0.25, -0.2) is 0 Å². The van der Waals surface area contributed by atoms with Crippen LogP contribution in [-0.2, 0) is 7.05 Å². The van der Waals surface area contributed by atoms with Crippen molar-refractivity contribution in [2.45, 2.75) is 0 Å². The molecular formula is C18H18N2O4. The van der Waals surface area contributed by atoms with Crippen molar-refractivity contribution in [1.29, 1.82) is 0 Å². The Hall–Kier alpha value is -3.15. The number of pyridine rings is 1. The number of aryl methyl sites for hydroxylation is 1. The largest absolute Gasteiger partial charge is 0.506 e. The molecule has 0 aliphatic heterocycles. The van der Waals surface area contributed by atoms with Gasteiger partial charge in [0.1, 0.15) is 17.2 Å². The minimum absolute atomic E-state index is 0.00729. The van der Waals surface area contributed by atoms with E-state index in [1.54, 1.807) is 31.4 Å². The highest BCUT2D eigenvalue weighted by Crippen LogP contribution is 2.32. The summed E-state index contributed by atoms with van der Waals surface area (Å²) in [4.78, 5) is 12.6. The van der Waals surface area contributed by atoms with E-state index in [1.165, 1.54) is 19.2 Å². The van der Waals surface area contributed by atoms with Crippen molar-refractivity contribution >= 4 is 16.6 Å². The van der Waals surface area contributed by atoms with Crippen LogP contribution in [0, 0.1) is 0 Å². The predicted octanol–water partition coefficient (Wildman–Crippen LogP) is 2.51. The van der Waals surface area contributed by atoms with Crippen LogP contribution in [0.25, 0.3) is 22.2 Å². The summed E-state index contributed by atoms with van der Waals surface area (Å²) in [6.07, 6.45) is 0. The van der Waals surface area contributed by atoms with Gasteiger partial charge in [0.05, 0.1) is 36.5 Å². The maximum Gasteiger partial charge on any atom is 0.193 e. The number of fused-ring (bicyclic) bond motifs is 1. The van der Waals surface area contributed by atoms with E-state index in [1.807, 2.05) is 11.6 Å². The number of aromatic nitrogens is 1. The molecule has 24 heavy (non-hydrogen) atoms. The molecule has 0 radical (unpaired) electrons. The van der Waals surface area contributed by atoms with E-state index in [2.05, 4.69) is 0 Å². The normalized spacial score (nSPS) is 10.8. The second kappa shape index (κ2) is 5.81. The van der Waals surface area contributed by atoms with Crippen molar-refractivity contribution in [3.63, 3.8) is 0 Å². The number of hydrogen-bond acceptors (Lipinski definition) is 5. The maximum absolute atomic E-state index is 12.6. The molecule has 6 heteroatoms. The Morgan fingerprint density at radius 1 is 1.08 bits per heavy atom. The van der Waals surface area contributed by atoms with Crippen LogP contribution in [-0.4, -0.2) is 23.9 Å². The zero-order valence-electron chi connectivity index (χ0n) is 13.7. The average molecular weight is 326 g/mol. The van der Waals surface area contributed by atoms with Crippen LogP contribution >= 0.6 is 0 Å². The molecule has 3 aromatic rings. The molecule has 124 valence electrons. The number of anilines is 1. The minimum Gasteiger partial charge on any atom is -0.506 e. The number of hydrogen-bond donors (Lipinski definition) is 2. The third kappa shape index (κ3) is 2.42. The summed E-state index contributed by atoms with van der Waals surface area (Å²) in [5, 5.41) is 10.1. The summed E-state index contributed by atoms with van der Waals surface area (Å²) in [5.74, 6) is 1.06. The van der Waals surface area contributed by atoms with Crippen molar-refractivity contribution in [3.05, 3.63) is 46.6 Å². The van der Waals surface area contributed by atoms with Gasteiger partial charge in [-0.3, -0.25) is 4.79 Å². The molecule has 0 unspecified atom stereocenters. The minimum atomic E-state index is -0.163. The van der Waals surface area contributed by atoms with Crippen LogP contribution in [0.15, 0.2) is 41.2 Å². The van der Waals surface area contributed by atoms with Crippen molar-refractivity contribution < 1.29 is 14.6 Å². The molecule has 0 atom stereocenters. The molecule has 0 fully saturated rings. The van der Waals surface area contributed by atoms with Gasteiger partial charge in [-0.2, -0.15) is 0 Å². The quantitative estimate of drug-likeness (QED) is 0.570. The molecule has 0 spiro atoms. The van der Waals surface area contributed by atoms with E-state index in [0.717, 1.165) is 5.56 Å². The fourth-order valence-electron chi connectivity index (χ4n) is 2.78. The van der Waals surface area contributed by atoms with E-state index >= 15 is 0 Å². The van der Waals surface area contributed by atoms with Gasteiger partial charge in [0.15, 0.2) is 5.43 Å². The fraction of sp³-hybridized carbons (Fsp3) is 0.167. The number of phenols is 1. The van der Waals surface area contributed by atoms with E-state index in [4.69, 9.17) is 15.2 Å². The highest BCUT2D eigenvalue weighted by molar-refractivity contribution is 5.89. The summed E-state index contributed by atoms with van der Waals surface area (Å²) in [6.45, 7) is 0. The lowest BCUT2D eigenvalue weighted by molar-refractivity contribution is 0.397. The lowest BCUT2D eigenvalue weighted by Gasteiger charge is -2.16. The highest BCUT2D eigenvalue weighted by Gasteiger charge is 2.15. The SMILES string of the molecule is COc1cc(OC)c2c(=O)cc(-c3ccc(O)c(N)c3)n(C)c2c1. The molecule has 0 amide bonds. The Morgan fingerprint density at radius 2 is 1.83 bits per heavy atom. The second-order valence-corrected chi connectivity index (χ2v) is 5.45. The average Bonchev–Trinajstić information content (AvgIpc) is 2.59. The van der Waals surface area contributed by atoms with Crippen molar-refractivity contribution in [2.24, 2.45) is 7.05 Å². The first kappa shape index (κ1) is 15.7. The van der Waals surface area contributed by atoms with Gasteiger partial charge in [-0.1, -0.05) is 0 Å². The molecular weight excluding hydrogens is 308 g/mol. The Morgan fingerprint density at radius 3 is 2.46 bits per heavy atom. The van der Waals surface area contributed by atoms with Crippen LogP contribution in [0.1, 0.15) is 0 Å². The summed E-state index contributed by atoms with van der Waals surface area (Å²) < 4.78 is 12.5. The van der Waals surface area contributed by atoms with Crippen LogP contribution in [0.3, 0.4) is 0 Å². The van der Waals surface area contributed by atoms with Gasteiger partial charge in [-0.05, 0) is 18.2 Å². The van der Waals surface area contributed by atoms with Gasteiger partial charge in [0, 0.05) is 30.8 Å². The number of nitrogens with zero attached hydrogens (tertiary/aromatic N) is 1. The second-order valence-electron chi connectivity index (χ2n) is 5.45. The van der Waals surface area contributed by atoms with Gasteiger partial charge in [0.25, 0.3) is 0 Å². The lowest BCUT2D eigenvalue weighted by Crippen LogP contribution is -2.10. The zero-order valence-corrected chi connectivity index (χ0v) is 13.7. The van der Waals surface area contributed by atoms with E-state index in [-0.39, 0.29) is 16.9 Å². The number of phenolic OH excluding ortho intramolecular Hbond substituents is 1. The molecule has 1 heterocycles. The van der Waals surface area contributed by atoms with E-state index < -0.39 is 0 Å². The van der Waals surface area contributed by atoms with Gasteiger partial charge < -0.3 is 24.9 Å². The van der Waals surface area contributed by atoms with Crippen molar-refractivity contribution in [3.8, 4) is 28.5 Å². The van der Waals surface area contributed by atoms with Crippen LogP contribution in [0.2, 0.25) is 0 Å². The number of methoxy groups -OCH3 is 2. The number of ether oxygens (including phenoxy) is 2. The lowest BCUT2D eigenvalue weighted by atomic mass is 10.1. The van der Waals surface area contributed by atoms with E-state index in [0.29, 0.717) is 28.1 Å². The van der Waals surface area contributed by atoms with Gasteiger partial charge in [-0.15, -0.1) is 0 Å². The third-order valence-corrected chi connectivity index (χ3v) is 4.07. The smallest absolute Gasteiger partial charge is 0.193 e. The topological polar surface area (TPSA) is 86.7 Å². The number of benzene rings is 2. The summed E-state index contributed by atoms with van der Waals surface area (Å²) in [5.41, 5.74) is 7.95. The van der Waals surface area contributed by atoms with E-state index in [9.17, 15) is 9.90 Å². The summed E-state index contributed by atoms with van der Waals surface area (Å²) in [6, 6.07) is 9.85. The first-order valence-corrected chi connectivity index (χ1v) is 7.31. The summed E-state index contributed by atoms with van der Waals surface area (Å²) in [7, 11) is 4.92. The zero-order chi connectivity index (χ0) is 17.4. The van der Waals surface area contributed by atoms with Crippen LogP contribution in [0.4, 0.5) is 5.69 Å².